The van der Waals surface area contributed by atoms with Crippen LogP contribution in [-0.4, -0.2) is 40.9 Å². The Labute approximate surface area is 185 Å². The van der Waals surface area contributed by atoms with E-state index >= 15 is 0 Å². The van der Waals surface area contributed by atoms with Gasteiger partial charge in [0.2, 0.25) is 0 Å². The zero-order valence-corrected chi connectivity index (χ0v) is 18.2. The van der Waals surface area contributed by atoms with E-state index in [0.717, 1.165) is 16.8 Å². The highest BCUT2D eigenvalue weighted by Crippen LogP contribution is 2.36. The lowest BCUT2D eigenvalue weighted by Crippen LogP contribution is -2.47. The minimum atomic E-state index is -0.622. The molecule has 0 spiro atoms. The predicted octanol–water partition coefficient (Wildman–Crippen LogP) is 3.30. The number of aryl methyl sites for hydroxylation is 1. The molecule has 0 saturated heterocycles. The van der Waals surface area contributed by atoms with E-state index in [-0.39, 0.29) is 11.7 Å². The first-order valence-electron chi connectivity index (χ1n) is 10.1. The van der Waals surface area contributed by atoms with Crippen LogP contribution in [0, 0.1) is 12.7 Å². The van der Waals surface area contributed by atoms with Gasteiger partial charge in [-0.05, 0) is 24.6 Å². The number of nitrogens with one attached hydrogen (secondary N) is 2. The first-order chi connectivity index (χ1) is 15.4. The molecule has 32 heavy (non-hydrogen) atoms. The highest BCUT2D eigenvalue weighted by molar-refractivity contribution is 6.05. The molecular formula is C23H25FN6O2. The molecule has 0 unspecified atom stereocenters. The predicted molar refractivity (Wildman–Crippen MR) is 121 cm³/mol. The summed E-state index contributed by atoms with van der Waals surface area (Å²) in [6.07, 6.45) is 3.68. The third kappa shape index (κ3) is 4.27. The highest BCUT2D eigenvalue weighted by Gasteiger charge is 2.35. The van der Waals surface area contributed by atoms with Crippen LogP contribution in [0.3, 0.4) is 0 Å². The average molecular weight is 436 g/mol. The molecule has 166 valence electrons. The fraction of sp³-hybridized carbons (Fsp3) is 0.261. The molecule has 0 bridgehead atoms. The number of benzene rings is 1. The third-order valence-corrected chi connectivity index (χ3v) is 5.40. The lowest BCUT2D eigenvalue weighted by molar-refractivity contribution is -0.117. The van der Waals surface area contributed by atoms with Gasteiger partial charge in [-0.2, -0.15) is 5.10 Å². The van der Waals surface area contributed by atoms with Crippen LogP contribution in [0.5, 0.6) is 0 Å². The number of aromatic nitrogens is 3. The molecule has 0 aliphatic carbocycles. The van der Waals surface area contributed by atoms with Crippen molar-refractivity contribution in [2.75, 3.05) is 29.7 Å². The molecule has 0 radical (unpaired) electrons. The summed E-state index contributed by atoms with van der Waals surface area (Å²) in [5.41, 5.74) is 4.01. The number of methoxy groups -OCH3 is 1. The standard InChI is InChI=1S/C23H25FN6O2/c1-14-21-19(29(3)22(15(2)32-4)23(31)28-21)9-20(27-14)25-10-17-11-26-30(13-17)12-16-6-5-7-18(24)8-16/h5-9,11,13,22H,2,10,12H2,1,3-4H3,(H,25,27)(H,28,31)/t22-/m0/s1. The molecule has 3 aromatic rings. The smallest absolute Gasteiger partial charge is 0.255 e. The summed E-state index contributed by atoms with van der Waals surface area (Å²) < 4.78 is 20.4. The largest absolute Gasteiger partial charge is 0.499 e. The van der Waals surface area contributed by atoms with Crippen molar-refractivity contribution in [2.45, 2.75) is 26.1 Å². The SMILES string of the molecule is C=C(OC)[C@H]1C(=O)Nc2c(cc(NCc3cnn(Cc4cccc(F)c4)c3)nc2C)N1C. The number of likely N-dealkylation sites (N-methyl/N-ethyl adjacent to an activating group) is 1. The van der Waals surface area contributed by atoms with Crippen LogP contribution in [0.1, 0.15) is 16.8 Å². The van der Waals surface area contributed by atoms with Gasteiger partial charge in [0.05, 0.1) is 36.9 Å². The molecule has 2 aromatic heterocycles. The quantitative estimate of drug-likeness (QED) is 0.553. The molecule has 2 N–H and O–H groups in total. The lowest BCUT2D eigenvalue weighted by Gasteiger charge is -2.36. The van der Waals surface area contributed by atoms with Crippen LogP contribution in [-0.2, 0) is 22.6 Å². The molecule has 1 aliphatic rings. The van der Waals surface area contributed by atoms with Gasteiger partial charge in [0.15, 0.2) is 6.04 Å². The normalized spacial score (nSPS) is 15.2. The van der Waals surface area contributed by atoms with Gasteiger partial charge in [-0.1, -0.05) is 18.7 Å². The second kappa shape index (κ2) is 8.70. The Balaban J connectivity index is 1.48. The fourth-order valence-electron chi connectivity index (χ4n) is 3.76. The van der Waals surface area contributed by atoms with Crippen molar-refractivity contribution in [1.82, 2.24) is 14.8 Å². The van der Waals surface area contributed by atoms with Gasteiger partial charge in [0.25, 0.3) is 5.91 Å². The van der Waals surface area contributed by atoms with Gasteiger partial charge in [0.1, 0.15) is 17.4 Å². The summed E-state index contributed by atoms with van der Waals surface area (Å²) in [6.45, 7) is 6.69. The van der Waals surface area contributed by atoms with Gasteiger partial charge < -0.3 is 20.3 Å². The summed E-state index contributed by atoms with van der Waals surface area (Å²) in [4.78, 5) is 18.9. The van der Waals surface area contributed by atoms with Crippen LogP contribution in [0.2, 0.25) is 0 Å². The van der Waals surface area contributed by atoms with Crippen LogP contribution < -0.4 is 15.5 Å². The minimum absolute atomic E-state index is 0.205. The molecule has 9 heteroatoms. The Kier molecular flexibility index (Phi) is 5.81. The number of ether oxygens (including phenoxy) is 1. The maximum absolute atomic E-state index is 13.4. The van der Waals surface area contributed by atoms with E-state index in [1.54, 1.807) is 16.9 Å². The topological polar surface area (TPSA) is 84.3 Å². The number of amides is 1. The molecule has 0 fully saturated rings. The van der Waals surface area contributed by atoms with Crippen molar-refractivity contribution in [3.05, 3.63) is 77.7 Å². The Morgan fingerprint density at radius 2 is 2.16 bits per heavy atom. The Morgan fingerprint density at radius 3 is 2.91 bits per heavy atom. The Bertz CT molecular complexity index is 1180. The second-order valence-electron chi connectivity index (χ2n) is 7.69. The summed E-state index contributed by atoms with van der Waals surface area (Å²) in [7, 11) is 3.32. The first kappa shape index (κ1) is 21.4. The van der Waals surface area contributed by atoms with E-state index in [0.29, 0.717) is 36.0 Å². The molecule has 4 rings (SSSR count). The highest BCUT2D eigenvalue weighted by atomic mass is 19.1. The number of nitrogens with zero attached hydrogens (tertiary/aromatic N) is 4. The van der Waals surface area contributed by atoms with Gasteiger partial charge in [-0.3, -0.25) is 9.48 Å². The molecule has 1 atom stereocenters. The van der Waals surface area contributed by atoms with Crippen LogP contribution in [0.25, 0.3) is 0 Å². The van der Waals surface area contributed by atoms with E-state index in [9.17, 15) is 9.18 Å². The van der Waals surface area contributed by atoms with Crippen molar-refractivity contribution >= 4 is 23.1 Å². The van der Waals surface area contributed by atoms with Crippen molar-refractivity contribution in [2.24, 2.45) is 0 Å². The number of halogens is 1. The lowest BCUT2D eigenvalue weighted by atomic mass is 10.1. The molecule has 8 nitrogen and oxygen atoms in total. The Hall–Kier alpha value is -3.88. The average Bonchev–Trinajstić information content (AvgIpc) is 3.20. The third-order valence-electron chi connectivity index (χ3n) is 5.40. The van der Waals surface area contributed by atoms with Crippen molar-refractivity contribution in [3.63, 3.8) is 0 Å². The van der Waals surface area contributed by atoms with Gasteiger partial charge in [-0.25, -0.2) is 9.37 Å². The molecule has 1 aliphatic heterocycles. The number of carbonyl (C=O) groups is 1. The van der Waals surface area contributed by atoms with Gasteiger partial charge in [-0.15, -0.1) is 0 Å². The number of anilines is 3. The van der Waals surface area contributed by atoms with E-state index in [4.69, 9.17) is 4.74 Å². The summed E-state index contributed by atoms with van der Waals surface area (Å²) in [5, 5.41) is 10.6. The number of fused-ring (bicyclic) bond motifs is 1. The molecule has 3 heterocycles. The molecule has 0 saturated carbocycles. The van der Waals surface area contributed by atoms with Gasteiger partial charge in [0, 0.05) is 31.4 Å². The van der Waals surface area contributed by atoms with Crippen molar-refractivity contribution in [1.29, 1.82) is 0 Å². The maximum Gasteiger partial charge on any atom is 0.255 e. The first-order valence-corrected chi connectivity index (χ1v) is 10.1. The maximum atomic E-state index is 13.4. The number of hydrogen-bond donors (Lipinski definition) is 2. The zero-order chi connectivity index (χ0) is 22.8. The molecule has 1 amide bonds. The number of rotatable bonds is 7. The molecular weight excluding hydrogens is 411 g/mol. The number of pyridine rings is 1. The fourth-order valence-corrected chi connectivity index (χ4v) is 3.76. The van der Waals surface area contributed by atoms with E-state index < -0.39 is 6.04 Å². The zero-order valence-electron chi connectivity index (χ0n) is 18.2. The Morgan fingerprint density at radius 1 is 1.34 bits per heavy atom. The van der Waals surface area contributed by atoms with E-state index in [1.165, 1.54) is 19.2 Å². The van der Waals surface area contributed by atoms with E-state index in [1.807, 2.05) is 37.2 Å². The van der Waals surface area contributed by atoms with Gasteiger partial charge >= 0.3 is 0 Å². The minimum Gasteiger partial charge on any atom is -0.499 e. The monoisotopic (exact) mass is 436 g/mol. The molecule has 1 aromatic carbocycles. The number of hydrogen-bond acceptors (Lipinski definition) is 6. The summed E-state index contributed by atoms with van der Waals surface area (Å²) in [6, 6.07) is 7.74. The van der Waals surface area contributed by atoms with Crippen LogP contribution in [0.4, 0.5) is 21.6 Å². The van der Waals surface area contributed by atoms with E-state index in [2.05, 4.69) is 27.3 Å². The van der Waals surface area contributed by atoms with Crippen molar-refractivity contribution in [3.8, 4) is 0 Å². The number of carbonyl (C=O) groups excluding carboxylic acids is 1. The second-order valence-corrected chi connectivity index (χ2v) is 7.69. The summed E-state index contributed by atoms with van der Waals surface area (Å²) >= 11 is 0. The summed E-state index contributed by atoms with van der Waals surface area (Å²) in [5.74, 6) is 0.570. The van der Waals surface area contributed by atoms with Crippen LogP contribution in [0.15, 0.2) is 55.1 Å². The van der Waals surface area contributed by atoms with Crippen molar-refractivity contribution < 1.29 is 13.9 Å². The van der Waals surface area contributed by atoms with Crippen LogP contribution >= 0.6 is 0 Å².